The Kier molecular flexibility index (Phi) is 2.11. The van der Waals surface area contributed by atoms with Crippen molar-refractivity contribution in [1.29, 1.82) is 0 Å². The molecule has 84 valence electrons. The van der Waals surface area contributed by atoms with Gasteiger partial charge in [0.15, 0.2) is 5.65 Å². The van der Waals surface area contributed by atoms with Crippen LogP contribution in [0.25, 0.3) is 16.9 Å². The molecule has 1 aromatic carbocycles. The molecule has 0 radical (unpaired) electrons. The molecule has 3 rings (SSSR count). The summed E-state index contributed by atoms with van der Waals surface area (Å²) in [5.41, 5.74) is 10.7. The number of nitrogens with two attached hydrogens (primary N) is 1. The lowest BCUT2D eigenvalue weighted by Crippen LogP contribution is -1.92. The van der Waals surface area contributed by atoms with Crippen molar-refractivity contribution in [2.45, 2.75) is 6.92 Å². The minimum absolute atomic E-state index is 0.706. The molecular formula is C14H13N3. The van der Waals surface area contributed by atoms with E-state index in [1.54, 1.807) is 0 Å². The van der Waals surface area contributed by atoms with Gasteiger partial charge in [-0.05, 0) is 19.1 Å². The molecule has 2 heterocycles. The number of aromatic nitrogens is 2. The van der Waals surface area contributed by atoms with E-state index in [1.807, 2.05) is 40.9 Å². The molecule has 0 aliphatic carbocycles. The van der Waals surface area contributed by atoms with Gasteiger partial charge in [0.05, 0.1) is 11.4 Å². The van der Waals surface area contributed by atoms with Crippen LogP contribution in [0.3, 0.4) is 0 Å². The van der Waals surface area contributed by atoms with Gasteiger partial charge in [-0.25, -0.2) is 4.98 Å². The smallest absolute Gasteiger partial charge is 0.160 e. The quantitative estimate of drug-likeness (QED) is 0.689. The number of hydrogen-bond acceptors (Lipinski definition) is 2. The maximum Gasteiger partial charge on any atom is 0.160 e. The number of anilines is 1. The van der Waals surface area contributed by atoms with E-state index < -0.39 is 0 Å². The number of benzene rings is 1. The van der Waals surface area contributed by atoms with E-state index >= 15 is 0 Å². The van der Waals surface area contributed by atoms with Gasteiger partial charge in [0, 0.05) is 17.5 Å². The van der Waals surface area contributed by atoms with Crippen molar-refractivity contribution in [3.63, 3.8) is 0 Å². The first-order valence-corrected chi connectivity index (χ1v) is 5.56. The number of pyridine rings is 1. The van der Waals surface area contributed by atoms with Crippen molar-refractivity contribution in [3.05, 3.63) is 54.4 Å². The monoisotopic (exact) mass is 223 g/mol. The SMILES string of the molecule is Cc1c(-c2ccccc2)nc2c(N)cccn12. The molecule has 2 N–H and O–H groups in total. The van der Waals surface area contributed by atoms with Crippen LogP contribution in [-0.2, 0) is 0 Å². The molecule has 0 spiro atoms. The Morgan fingerprint density at radius 2 is 1.82 bits per heavy atom. The molecule has 17 heavy (non-hydrogen) atoms. The maximum atomic E-state index is 5.93. The number of imidazole rings is 1. The molecule has 0 saturated carbocycles. The number of nitrogen functional groups attached to an aromatic ring is 1. The normalized spacial score (nSPS) is 10.9. The maximum absolute atomic E-state index is 5.93. The fourth-order valence-corrected chi connectivity index (χ4v) is 2.08. The van der Waals surface area contributed by atoms with Crippen molar-refractivity contribution >= 4 is 11.3 Å². The van der Waals surface area contributed by atoms with E-state index in [4.69, 9.17) is 5.73 Å². The summed E-state index contributed by atoms with van der Waals surface area (Å²) in [6, 6.07) is 14.0. The molecule has 2 aromatic heterocycles. The van der Waals surface area contributed by atoms with Crippen molar-refractivity contribution in [2.24, 2.45) is 0 Å². The second kappa shape index (κ2) is 3.63. The van der Waals surface area contributed by atoms with Crippen LogP contribution in [0.5, 0.6) is 0 Å². The zero-order chi connectivity index (χ0) is 11.8. The van der Waals surface area contributed by atoms with Gasteiger partial charge in [-0.3, -0.25) is 0 Å². The lowest BCUT2D eigenvalue weighted by atomic mass is 10.1. The second-order valence-electron chi connectivity index (χ2n) is 4.07. The van der Waals surface area contributed by atoms with Crippen molar-refractivity contribution < 1.29 is 0 Å². The third-order valence-corrected chi connectivity index (χ3v) is 2.97. The topological polar surface area (TPSA) is 43.3 Å². The zero-order valence-electron chi connectivity index (χ0n) is 9.59. The van der Waals surface area contributed by atoms with Crippen LogP contribution in [0, 0.1) is 6.92 Å². The minimum Gasteiger partial charge on any atom is -0.396 e. The van der Waals surface area contributed by atoms with Gasteiger partial charge in [-0.15, -0.1) is 0 Å². The molecule has 0 unspecified atom stereocenters. The van der Waals surface area contributed by atoms with Gasteiger partial charge >= 0.3 is 0 Å². The average molecular weight is 223 g/mol. The summed E-state index contributed by atoms with van der Waals surface area (Å²) >= 11 is 0. The Morgan fingerprint density at radius 3 is 2.53 bits per heavy atom. The fourth-order valence-electron chi connectivity index (χ4n) is 2.08. The first-order chi connectivity index (χ1) is 8.27. The van der Waals surface area contributed by atoms with Gasteiger partial charge in [-0.1, -0.05) is 30.3 Å². The minimum atomic E-state index is 0.706. The van der Waals surface area contributed by atoms with Crippen LogP contribution in [0.1, 0.15) is 5.69 Å². The standard InChI is InChI=1S/C14H13N3/c1-10-13(11-6-3-2-4-7-11)16-14-12(15)8-5-9-17(10)14/h2-9H,15H2,1H3. The molecular weight excluding hydrogens is 210 g/mol. The fraction of sp³-hybridized carbons (Fsp3) is 0.0714. The summed E-state index contributed by atoms with van der Waals surface area (Å²) in [5, 5.41) is 0. The highest BCUT2D eigenvalue weighted by Crippen LogP contribution is 2.25. The molecule has 0 aliphatic rings. The Balaban J connectivity index is 2.32. The number of hydrogen-bond donors (Lipinski definition) is 1. The van der Waals surface area contributed by atoms with Crippen LogP contribution >= 0.6 is 0 Å². The molecule has 3 nitrogen and oxygen atoms in total. The molecule has 0 aliphatic heterocycles. The average Bonchev–Trinajstić information content (AvgIpc) is 2.70. The van der Waals surface area contributed by atoms with E-state index in [0.29, 0.717) is 5.69 Å². The Bertz CT molecular complexity index is 669. The van der Waals surface area contributed by atoms with E-state index in [9.17, 15) is 0 Å². The largest absolute Gasteiger partial charge is 0.396 e. The predicted octanol–water partition coefficient (Wildman–Crippen LogP) is 2.89. The van der Waals surface area contributed by atoms with E-state index in [1.165, 1.54) is 0 Å². The number of fused-ring (bicyclic) bond motifs is 1. The third-order valence-electron chi connectivity index (χ3n) is 2.97. The van der Waals surface area contributed by atoms with Crippen LogP contribution in [0.2, 0.25) is 0 Å². The highest BCUT2D eigenvalue weighted by molar-refractivity contribution is 5.73. The van der Waals surface area contributed by atoms with Gasteiger partial charge in [0.1, 0.15) is 0 Å². The Hall–Kier alpha value is -2.29. The zero-order valence-corrected chi connectivity index (χ0v) is 9.59. The van der Waals surface area contributed by atoms with Crippen LogP contribution in [0.15, 0.2) is 48.7 Å². The molecule has 3 heteroatoms. The predicted molar refractivity (Wildman–Crippen MR) is 69.8 cm³/mol. The lowest BCUT2D eigenvalue weighted by Gasteiger charge is -1.99. The van der Waals surface area contributed by atoms with Gasteiger partial charge < -0.3 is 10.1 Å². The summed E-state index contributed by atoms with van der Waals surface area (Å²) < 4.78 is 2.03. The van der Waals surface area contributed by atoms with Crippen molar-refractivity contribution in [3.8, 4) is 11.3 Å². The molecule has 0 fully saturated rings. The highest BCUT2D eigenvalue weighted by atomic mass is 15.0. The van der Waals surface area contributed by atoms with Crippen LogP contribution < -0.4 is 5.73 Å². The number of nitrogens with zero attached hydrogens (tertiary/aromatic N) is 2. The molecule has 0 saturated heterocycles. The van der Waals surface area contributed by atoms with Gasteiger partial charge in [0.25, 0.3) is 0 Å². The second-order valence-corrected chi connectivity index (χ2v) is 4.07. The summed E-state index contributed by atoms with van der Waals surface area (Å²) in [7, 11) is 0. The van der Waals surface area contributed by atoms with E-state index in [0.717, 1.165) is 22.6 Å². The van der Waals surface area contributed by atoms with E-state index in [2.05, 4.69) is 24.0 Å². The molecule has 0 amide bonds. The number of rotatable bonds is 1. The highest BCUT2D eigenvalue weighted by Gasteiger charge is 2.10. The van der Waals surface area contributed by atoms with Gasteiger partial charge in [0.2, 0.25) is 0 Å². The van der Waals surface area contributed by atoms with Crippen LogP contribution in [0.4, 0.5) is 5.69 Å². The third kappa shape index (κ3) is 1.47. The van der Waals surface area contributed by atoms with Gasteiger partial charge in [-0.2, -0.15) is 0 Å². The first kappa shape index (κ1) is 9.90. The molecule has 3 aromatic rings. The summed E-state index contributed by atoms with van der Waals surface area (Å²) in [4.78, 5) is 4.62. The van der Waals surface area contributed by atoms with E-state index in [-0.39, 0.29) is 0 Å². The van der Waals surface area contributed by atoms with Crippen molar-refractivity contribution in [2.75, 3.05) is 5.73 Å². The molecule has 0 atom stereocenters. The number of aryl methyl sites for hydroxylation is 1. The molecule has 0 bridgehead atoms. The lowest BCUT2D eigenvalue weighted by molar-refractivity contribution is 1.11. The Morgan fingerprint density at radius 1 is 1.06 bits per heavy atom. The first-order valence-electron chi connectivity index (χ1n) is 5.56. The van der Waals surface area contributed by atoms with Crippen molar-refractivity contribution in [1.82, 2.24) is 9.38 Å². The summed E-state index contributed by atoms with van der Waals surface area (Å²) in [5.74, 6) is 0. The summed E-state index contributed by atoms with van der Waals surface area (Å²) in [6.45, 7) is 2.06. The Labute approximate surface area is 99.5 Å². The summed E-state index contributed by atoms with van der Waals surface area (Å²) in [6.07, 6.45) is 1.99. The van der Waals surface area contributed by atoms with Crippen LogP contribution in [-0.4, -0.2) is 9.38 Å².